The summed E-state index contributed by atoms with van der Waals surface area (Å²) in [5, 5.41) is 13.4. The zero-order valence-corrected chi connectivity index (χ0v) is 48.9. The molecule has 31 heteroatoms. The Morgan fingerprint density at radius 2 is 1.20 bits per heavy atom. The number of carboxylic acid groups (broad SMARTS) is 1. The summed E-state index contributed by atoms with van der Waals surface area (Å²) in [6.45, 7) is 14.0. The second kappa shape index (κ2) is 23.9. The van der Waals surface area contributed by atoms with Gasteiger partial charge in [-0.2, -0.15) is 25.3 Å². The number of hydrogen-bond acceptors (Lipinski definition) is 19. The highest BCUT2D eigenvalue weighted by Gasteiger charge is 2.43. The number of fused-ring (bicyclic) bond motifs is 4. The van der Waals surface area contributed by atoms with Crippen molar-refractivity contribution in [3.63, 3.8) is 0 Å². The van der Waals surface area contributed by atoms with E-state index in [-0.39, 0.29) is 57.4 Å². The first-order valence-electron chi connectivity index (χ1n) is 22.8. The lowest BCUT2D eigenvalue weighted by atomic mass is 9.84. The third kappa shape index (κ3) is 14.6. The van der Waals surface area contributed by atoms with Crippen molar-refractivity contribution in [2.75, 3.05) is 10.7 Å². The lowest BCUT2D eigenvalue weighted by molar-refractivity contribution is -0.120. The monoisotopic (exact) mass is 1240 g/mol. The summed E-state index contributed by atoms with van der Waals surface area (Å²) in [6.07, 6.45) is 3.71. The summed E-state index contributed by atoms with van der Waals surface area (Å²) >= 11 is 0. The lowest BCUT2D eigenvalue weighted by Gasteiger charge is -2.45. The van der Waals surface area contributed by atoms with Crippen LogP contribution in [0.1, 0.15) is 78.4 Å². The maximum Gasteiger partial charge on any atom is 0.425 e. The second-order valence-electron chi connectivity index (χ2n) is 19.5. The standard InChI is InChI=1S/C49H48N2O13S3Si.3O3S/c1-29-23-48(2,3)50(25-30-12-8-10-14-42(30)66(58,59)60)40-21-44-38(19-35(29)40)46(37-18-33(64-28-52)16-17-34(37)47(53)54)39-20-36-32(27-65(55,56)57)24-49(4,5)51(41(36)22-45(39)68(44,6)7)26-31-13-9-11-15-43(31)67(61,62)63;3*1-4(2)3/h8-24,28H,25-27H2,1-7H3,(H3-,53,54,55,56,57,58,59,60,61,62,63);;;/p+1. The van der Waals surface area contributed by atoms with Crippen LogP contribution in [0.5, 0.6) is 5.75 Å². The average molecular weight is 1240 g/mol. The van der Waals surface area contributed by atoms with E-state index in [1.165, 1.54) is 42.5 Å². The Balaban J connectivity index is 0.000000892. The Kier molecular flexibility index (Phi) is 19.0. The van der Waals surface area contributed by atoms with Crippen LogP contribution < -0.4 is 35.2 Å². The number of carboxylic acids is 1. The van der Waals surface area contributed by atoms with Crippen LogP contribution in [0.4, 0.5) is 5.69 Å². The number of carbonyl (C=O) groups is 2. The molecule has 4 N–H and O–H groups in total. The molecule has 3 aliphatic rings. The predicted molar refractivity (Wildman–Crippen MR) is 290 cm³/mol. The first-order chi connectivity index (χ1) is 36.7. The molecule has 0 fully saturated rings. The molecular weight excluding hydrogens is 1190 g/mol. The number of allylic oxidation sites excluding steroid dienone is 1. The molecule has 3 aliphatic heterocycles. The van der Waals surface area contributed by atoms with Crippen molar-refractivity contribution in [2.45, 2.75) is 81.7 Å². The van der Waals surface area contributed by atoms with Gasteiger partial charge in [0.25, 0.3) is 36.8 Å². The molecule has 0 saturated carbocycles. The number of carbonyl (C=O) groups excluding carboxylic acids is 1. The van der Waals surface area contributed by atoms with Crippen molar-refractivity contribution in [1.82, 2.24) is 4.58 Å². The molecule has 0 saturated heterocycles. The van der Waals surface area contributed by atoms with Gasteiger partial charge in [0.1, 0.15) is 24.5 Å². The van der Waals surface area contributed by atoms with Gasteiger partial charge in [-0.15, -0.1) is 37.9 Å². The van der Waals surface area contributed by atoms with Crippen molar-refractivity contribution >= 4 is 115 Å². The van der Waals surface area contributed by atoms with Gasteiger partial charge in [0.15, 0.2) is 12.1 Å². The summed E-state index contributed by atoms with van der Waals surface area (Å²) < 4.78 is 190. The van der Waals surface area contributed by atoms with Gasteiger partial charge in [-0.1, -0.05) is 55.6 Å². The third-order valence-electron chi connectivity index (χ3n) is 13.2. The summed E-state index contributed by atoms with van der Waals surface area (Å²) in [5.74, 6) is -2.03. The van der Waals surface area contributed by atoms with E-state index < -0.39 is 93.1 Å². The van der Waals surface area contributed by atoms with Crippen molar-refractivity contribution < 1.29 is 96.2 Å². The van der Waals surface area contributed by atoms with Gasteiger partial charge in [-0.05, 0) is 119 Å². The van der Waals surface area contributed by atoms with Crippen LogP contribution in [0.3, 0.4) is 0 Å². The zero-order valence-electron chi connectivity index (χ0n) is 43.0. The Morgan fingerprint density at radius 3 is 1.71 bits per heavy atom. The summed E-state index contributed by atoms with van der Waals surface area (Å²) in [4.78, 5) is 26.4. The Bertz CT molecular complexity index is 4270. The zero-order chi connectivity index (χ0) is 60.4. The second-order valence-corrected chi connectivity index (χ2v) is 29.3. The van der Waals surface area contributed by atoms with E-state index in [0.29, 0.717) is 32.8 Å². The molecule has 5 aromatic carbocycles. The Labute approximate surface area is 464 Å². The highest BCUT2D eigenvalue weighted by Crippen LogP contribution is 2.43. The topological polar surface area (TPSA) is 387 Å². The Hall–Kier alpha value is -7.20. The van der Waals surface area contributed by atoms with Crippen LogP contribution >= 0.6 is 0 Å². The molecule has 0 bridgehead atoms. The van der Waals surface area contributed by atoms with E-state index >= 15 is 0 Å². The van der Waals surface area contributed by atoms with Gasteiger partial charge in [0, 0.05) is 48.8 Å². The highest BCUT2D eigenvalue weighted by atomic mass is 32.2. The number of ether oxygens (including phenoxy) is 1. The fourth-order valence-corrected chi connectivity index (χ4v) is 15.3. The van der Waals surface area contributed by atoms with Crippen LogP contribution in [0, 0.1) is 0 Å². The maximum absolute atomic E-state index is 13.2. The largest absolute Gasteiger partial charge is 0.478 e. The molecule has 0 spiro atoms. The van der Waals surface area contributed by atoms with E-state index in [1.807, 2.05) is 49.6 Å². The van der Waals surface area contributed by atoms with Crippen LogP contribution in [0.25, 0.3) is 16.7 Å². The smallest absolute Gasteiger partial charge is 0.425 e. The molecule has 0 unspecified atom stereocenters. The van der Waals surface area contributed by atoms with E-state index in [1.54, 1.807) is 50.3 Å². The summed E-state index contributed by atoms with van der Waals surface area (Å²) in [7, 11) is -26.4. The highest BCUT2D eigenvalue weighted by molar-refractivity contribution is 7.86. The predicted octanol–water partition coefficient (Wildman–Crippen LogP) is 1.74. The van der Waals surface area contributed by atoms with Crippen LogP contribution in [-0.2, 0) is 80.1 Å². The minimum atomic E-state index is -4.69. The summed E-state index contributed by atoms with van der Waals surface area (Å²) in [6, 6.07) is 24.0. The first kappa shape index (κ1) is 63.6. The number of hydrogen-bond donors (Lipinski definition) is 4. The van der Waals surface area contributed by atoms with E-state index in [0.717, 1.165) is 27.2 Å². The van der Waals surface area contributed by atoms with Gasteiger partial charge in [0.2, 0.25) is 5.36 Å². The van der Waals surface area contributed by atoms with Crippen LogP contribution in [0.15, 0.2) is 113 Å². The molecule has 8 rings (SSSR count). The van der Waals surface area contributed by atoms with E-state index in [2.05, 4.69) is 18.0 Å². The van der Waals surface area contributed by atoms with Crippen molar-refractivity contribution in [2.24, 2.45) is 0 Å². The molecule has 0 atom stereocenters. The molecule has 80 heavy (non-hydrogen) atoms. The van der Waals surface area contributed by atoms with Crippen molar-refractivity contribution in [1.29, 1.82) is 0 Å². The SMILES string of the molecule is CC1=CC(C)(C)N(Cc2ccccc2S(=O)(=O)O)c2cc3c(cc21)C(c1cc(OC=O)ccc1C(=O)O)=c1cc2c(cc1[Si]3(C)C)=[N+](Cc1ccccc1S(=O)(=O)O)C(C)(C)C=C2CS(=O)(=O)O.O=S(=O)=O.O=S(=O)=O.O=S(=O)=O. The normalized spacial score (nSPS) is 15.3. The molecule has 3 heterocycles. The van der Waals surface area contributed by atoms with Crippen molar-refractivity contribution in [3.05, 3.63) is 153 Å². The molecule has 0 aliphatic carbocycles. The van der Waals surface area contributed by atoms with Crippen LogP contribution in [-0.4, -0.2) is 119 Å². The fourth-order valence-electron chi connectivity index (χ4n) is 10.2. The lowest BCUT2D eigenvalue weighted by Crippen LogP contribution is -2.65. The fraction of sp³-hybridized carbons (Fsp3) is 0.245. The van der Waals surface area contributed by atoms with Gasteiger partial charge >= 0.3 is 37.8 Å². The first-order valence-corrected chi connectivity index (χ1v) is 33.3. The minimum absolute atomic E-state index is 0.0486. The van der Waals surface area contributed by atoms with Gasteiger partial charge in [-0.3, -0.25) is 18.5 Å². The summed E-state index contributed by atoms with van der Waals surface area (Å²) in [5.41, 5.74) is 2.87. The van der Waals surface area contributed by atoms with E-state index in [9.17, 15) is 53.6 Å². The number of anilines is 1. The molecule has 0 aromatic heterocycles. The van der Waals surface area contributed by atoms with Crippen molar-refractivity contribution in [3.8, 4) is 5.75 Å². The molecule has 0 amide bonds. The number of nitrogens with zero attached hydrogens (tertiary/aromatic N) is 2. The molecule has 0 radical (unpaired) electrons. The van der Waals surface area contributed by atoms with Gasteiger partial charge in [-0.25, -0.2) is 9.37 Å². The Morgan fingerprint density at radius 1 is 0.675 bits per heavy atom. The van der Waals surface area contributed by atoms with Gasteiger partial charge < -0.3 is 14.7 Å². The molecule has 5 aromatic rings. The minimum Gasteiger partial charge on any atom is -0.478 e. The average Bonchev–Trinajstić information content (AvgIpc) is 3.31. The van der Waals surface area contributed by atoms with E-state index in [4.69, 9.17) is 42.6 Å². The maximum atomic E-state index is 13.2. The number of benzene rings is 5. The number of rotatable bonds is 12. The van der Waals surface area contributed by atoms with Crippen LogP contribution in [0.2, 0.25) is 13.1 Å². The molecule has 24 nitrogen and oxygen atoms in total. The van der Waals surface area contributed by atoms with Gasteiger partial charge in [0.05, 0.1) is 21.6 Å². The number of aromatic carboxylic acids is 1. The third-order valence-corrected chi connectivity index (χ3v) is 19.3. The molecular formula is C49H49N2O22S6Si+. The molecule has 426 valence electrons. The quantitative estimate of drug-likeness (QED) is 0.0598.